The van der Waals surface area contributed by atoms with Gasteiger partial charge in [-0.1, -0.05) is 6.92 Å². The van der Waals surface area contributed by atoms with Gasteiger partial charge in [0, 0.05) is 22.9 Å². The Labute approximate surface area is 161 Å². The summed E-state index contributed by atoms with van der Waals surface area (Å²) in [5.74, 6) is -0.805. The Bertz CT molecular complexity index is 1020. The molecular formula is C20H20FN5O2. The minimum absolute atomic E-state index is 0.0351. The predicted octanol–water partition coefficient (Wildman–Crippen LogP) is 3.25. The molecule has 3 rings (SSSR count). The highest BCUT2D eigenvalue weighted by molar-refractivity contribution is 5.91. The van der Waals surface area contributed by atoms with Gasteiger partial charge in [0.25, 0.3) is 0 Å². The van der Waals surface area contributed by atoms with Crippen LogP contribution in [0.25, 0.3) is 22.4 Å². The maximum atomic E-state index is 14.9. The average molecular weight is 381 g/mol. The Morgan fingerprint density at radius 3 is 2.54 bits per heavy atom. The zero-order valence-electron chi connectivity index (χ0n) is 15.6. The first kappa shape index (κ1) is 19.2. The topological polar surface area (TPSA) is 117 Å². The van der Waals surface area contributed by atoms with E-state index >= 15 is 0 Å². The van der Waals surface area contributed by atoms with Crippen molar-refractivity contribution in [1.29, 1.82) is 0 Å². The molecule has 0 spiro atoms. The maximum absolute atomic E-state index is 14.9. The lowest BCUT2D eigenvalue weighted by molar-refractivity contribution is 0.0526. The summed E-state index contributed by atoms with van der Waals surface area (Å²) in [6.45, 7) is 3.81. The van der Waals surface area contributed by atoms with Crippen molar-refractivity contribution in [3.8, 4) is 22.4 Å². The van der Waals surface area contributed by atoms with E-state index in [4.69, 9.17) is 16.2 Å². The number of hydrogen-bond acceptors (Lipinski definition) is 7. The molecule has 0 radical (unpaired) electrons. The van der Waals surface area contributed by atoms with E-state index in [0.29, 0.717) is 34.8 Å². The van der Waals surface area contributed by atoms with Crippen LogP contribution in [-0.2, 0) is 11.2 Å². The fourth-order valence-electron chi connectivity index (χ4n) is 2.88. The first-order valence-corrected chi connectivity index (χ1v) is 8.79. The van der Waals surface area contributed by atoms with E-state index in [9.17, 15) is 9.18 Å². The van der Waals surface area contributed by atoms with E-state index in [1.54, 1.807) is 25.3 Å². The van der Waals surface area contributed by atoms with Gasteiger partial charge in [0.2, 0.25) is 5.95 Å². The molecule has 0 aliphatic rings. The second kappa shape index (κ2) is 7.99. The Morgan fingerprint density at radius 2 is 1.93 bits per heavy atom. The first-order chi connectivity index (χ1) is 13.4. The molecule has 2 aromatic heterocycles. The molecular weight excluding hydrogens is 361 g/mol. The van der Waals surface area contributed by atoms with Crippen LogP contribution in [0.2, 0.25) is 0 Å². The molecule has 0 saturated heterocycles. The number of nitrogen functional groups attached to an aromatic ring is 2. The number of anilines is 2. The number of ether oxygens (including phenoxy) is 1. The lowest BCUT2D eigenvalue weighted by atomic mass is 9.96. The molecule has 0 fully saturated rings. The zero-order chi connectivity index (χ0) is 20.3. The summed E-state index contributed by atoms with van der Waals surface area (Å²) < 4.78 is 19.8. The number of carbonyl (C=O) groups excluding carboxylic acids is 1. The number of benzene rings is 1. The number of carbonyl (C=O) groups is 1. The standard InChI is InChI=1S/C20H20FN5O2/c1-3-15-17(12-6-8-16(22)24-10-12)18(26-20(23)25-15)13-7-5-11(9-14(13)21)19(27)28-4-2/h5-10H,3-4H2,1-2H3,(H2,22,24)(H2,23,25,26). The Balaban J connectivity index is 2.20. The lowest BCUT2D eigenvalue weighted by Gasteiger charge is -2.15. The van der Waals surface area contributed by atoms with Crippen LogP contribution in [0.1, 0.15) is 29.9 Å². The maximum Gasteiger partial charge on any atom is 0.338 e. The minimum Gasteiger partial charge on any atom is -0.462 e. The minimum atomic E-state index is -0.615. The van der Waals surface area contributed by atoms with E-state index in [1.165, 1.54) is 12.1 Å². The van der Waals surface area contributed by atoms with Crippen LogP contribution in [0.5, 0.6) is 0 Å². The normalized spacial score (nSPS) is 10.7. The second-order valence-corrected chi connectivity index (χ2v) is 5.99. The highest BCUT2D eigenvalue weighted by Gasteiger charge is 2.20. The van der Waals surface area contributed by atoms with Gasteiger partial charge in [-0.05, 0) is 43.7 Å². The Kier molecular flexibility index (Phi) is 5.49. The molecule has 0 bridgehead atoms. The summed E-state index contributed by atoms with van der Waals surface area (Å²) in [5.41, 5.74) is 14.1. The molecule has 2 heterocycles. The number of halogens is 1. The molecule has 4 N–H and O–H groups in total. The molecule has 0 saturated carbocycles. The van der Waals surface area contributed by atoms with E-state index in [0.717, 1.165) is 6.07 Å². The quantitative estimate of drug-likeness (QED) is 0.651. The van der Waals surface area contributed by atoms with Gasteiger partial charge < -0.3 is 16.2 Å². The molecule has 8 heteroatoms. The number of esters is 1. The third kappa shape index (κ3) is 3.75. The number of nitrogens with zero attached hydrogens (tertiary/aromatic N) is 3. The zero-order valence-corrected chi connectivity index (χ0v) is 15.6. The molecule has 0 amide bonds. The monoisotopic (exact) mass is 381 g/mol. The smallest absolute Gasteiger partial charge is 0.338 e. The fourth-order valence-corrected chi connectivity index (χ4v) is 2.88. The molecule has 1 aromatic carbocycles. The van der Waals surface area contributed by atoms with Gasteiger partial charge in [-0.15, -0.1) is 0 Å². The predicted molar refractivity (Wildman–Crippen MR) is 105 cm³/mol. The summed E-state index contributed by atoms with van der Waals surface area (Å²) in [6.07, 6.45) is 2.14. The van der Waals surface area contributed by atoms with Gasteiger partial charge in [-0.25, -0.2) is 24.1 Å². The van der Waals surface area contributed by atoms with Crippen molar-refractivity contribution < 1.29 is 13.9 Å². The van der Waals surface area contributed by atoms with Crippen LogP contribution >= 0.6 is 0 Å². The summed E-state index contributed by atoms with van der Waals surface area (Å²) in [7, 11) is 0. The van der Waals surface area contributed by atoms with Gasteiger partial charge in [-0.3, -0.25) is 0 Å². The van der Waals surface area contributed by atoms with Crippen LogP contribution in [0.15, 0.2) is 36.5 Å². The van der Waals surface area contributed by atoms with Crippen molar-refractivity contribution in [1.82, 2.24) is 15.0 Å². The highest BCUT2D eigenvalue weighted by Crippen LogP contribution is 2.35. The second-order valence-electron chi connectivity index (χ2n) is 5.99. The van der Waals surface area contributed by atoms with Crippen molar-refractivity contribution in [3.05, 3.63) is 53.6 Å². The fraction of sp³-hybridized carbons (Fsp3) is 0.200. The number of rotatable bonds is 5. The van der Waals surface area contributed by atoms with Gasteiger partial charge in [0.15, 0.2) is 0 Å². The summed E-state index contributed by atoms with van der Waals surface area (Å²) >= 11 is 0. The third-order valence-electron chi connectivity index (χ3n) is 4.15. The SMILES string of the molecule is CCOC(=O)c1ccc(-c2nc(N)nc(CC)c2-c2ccc(N)nc2)c(F)c1. The number of nitrogens with two attached hydrogens (primary N) is 2. The lowest BCUT2D eigenvalue weighted by Crippen LogP contribution is -2.07. The van der Waals surface area contributed by atoms with Gasteiger partial charge in [0.05, 0.1) is 23.6 Å². The first-order valence-electron chi connectivity index (χ1n) is 8.79. The molecule has 7 nitrogen and oxygen atoms in total. The molecule has 0 aliphatic carbocycles. The van der Waals surface area contributed by atoms with Crippen LogP contribution in [0.3, 0.4) is 0 Å². The van der Waals surface area contributed by atoms with Crippen LogP contribution in [0, 0.1) is 5.82 Å². The molecule has 0 atom stereocenters. The Hall–Kier alpha value is -3.55. The van der Waals surface area contributed by atoms with E-state index in [-0.39, 0.29) is 23.7 Å². The van der Waals surface area contributed by atoms with Crippen molar-refractivity contribution >= 4 is 17.7 Å². The largest absolute Gasteiger partial charge is 0.462 e. The van der Waals surface area contributed by atoms with Crippen LogP contribution in [0.4, 0.5) is 16.2 Å². The van der Waals surface area contributed by atoms with E-state index in [1.807, 2.05) is 6.92 Å². The summed E-state index contributed by atoms with van der Waals surface area (Å²) in [4.78, 5) is 24.5. The molecule has 144 valence electrons. The van der Waals surface area contributed by atoms with Crippen LogP contribution < -0.4 is 11.5 Å². The molecule has 0 unspecified atom stereocenters. The van der Waals surface area contributed by atoms with Crippen molar-refractivity contribution in [3.63, 3.8) is 0 Å². The molecule has 28 heavy (non-hydrogen) atoms. The van der Waals surface area contributed by atoms with Crippen LogP contribution in [-0.4, -0.2) is 27.5 Å². The highest BCUT2D eigenvalue weighted by atomic mass is 19.1. The number of aromatic nitrogens is 3. The Morgan fingerprint density at radius 1 is 1.14 bits per heavy atom. The van der Waals surface area contributed by atoms with Gasteiger partial charge in [0.1, 0.15) is 11.6 Å². The number of pyridine rings is 1. The molecule has 0 aliphatic heterocycles. The van der Waals surface area contributed by atoms with E-state index in [2.05, 4.69) is 15.0 Å². The van der Waals surface area contributed by atoms with Gasteiger partial charge >= 0.3 is 5.97 Å². The number of aryl methyl sites for hydroxylation is 1. The molecule has 3 aromatic rings. The summed E-state index contributed by atoms with van der Waals surface area (Å²) in [5, 5.41) is 0. The number of hydrogen-bond donors (Lipinski definition) is 2. The van der Waals surface area contributed by atoms with Crippen molar-refractivity contribution in [2.24, 2.45) is 0 Å². The van der Waals surface area contributed by atoms with Crippen molar-refractivity contribution in [2.75, 3.05) is 18.1 Å². The third-order valence-corrected chi connectivity index (χ3v) is 4.15. The summed E-state index contributed by atoms with van der Waals surface area (Å²) in [6, 6.07) is 7.52. The van der Waals surface area contributed by atoms with Gasteiger partial charge in [-0.2, -0.15) is 0 Å². The van der Waals surface area contributed by atoms with Crippen molar-refractivity contribution in [2.45, 2.75) is 20.3 Å². The van der Waals surface area contributed by atoms with E-state index < -0.39 is 11.8 Å². The average Bonchev–Trinajstić information content (AvgIpc) is 2.68.